The third kappa shape index (κ3) is 1.94. The molecule has 2 heterocycles. The minimum Gasteiger partial charge on any atom is -0.494 e. The lowest BCUT2D eigenvalue weighted by molar-refractivity contribution is 0.399. The zero-order valence-electron chi connectivity index (χ0n) is 10.2. The van der Waals surface area contributed by atoms with Gasteiger partial charge in [0.05, 0.1) is 17.8 Å². The van der Waals surface area contributed by atoms with E-state index in [1.54, 1.807) is 30.9 Å². The Bertz CT molecular complexity index is 680. The van der Waals surface area contributed by atoms with Gasteiger partial charge in [-0.3, -0.25) is 19.0 Å². The highest BCUT2D eigenvalue weighted by atomic mass is 16.3. The second kappa shape index (κ2) is 4.52. The molecule has 96 valence electrons. The summed E-state index contributed by atoms with van der Waals surface area (Å²) < 4.78 is 2.72. The maximum absolute atomic E-state index is 11.7. The maximum Gasteiger partial charge on any atom is 0.331 e. The van der Waals surface area contributed by atoms with Crippen molar-refractivity contribution in [1.29, 1.82) is 0 Å². The number of nitrogens with zero attached hydrogens (tertiary/aromatic N) is 3. The van der Waals surface area contributed by atoms with E-state index in [9.17, 15) is 14.7 Å². The smallest absolute Gasteiger partial charge is 0.331 e. The van der Waals surface area contributed by atoms with E-state index < -0.39 is 11.2 Å². The van der Waals surface area contributed by atoms with E-state index in [0.29, 0.717) is 6.42 Å². The van der Waals surface area contributed by atoms with Crippen molar-refractivity contribution in [2.24, 2.45) is 7.05 Å². The normalized spacial score (nSPS) is 10.8. The Balaban J connectivity index is 2.55. The van der Waals surface area contributed by atoms with E-state index in [2.05, 4.69) is 10.1 Å². The molecule has 18 heavy (non-hydrogen) atoms. The third-order valence-corrected chi connectivity index (χ3v) is 2.86. The van der Waals surface area contributed by atoms with Gasteiger partial charge in [0.2, 0.25) is 5.88 Å². The number of aromatic hydroxyl groups is 1. The minimum atomic E-state index is -0.629. The molecule has 0 atom stereocenters. The first-order valence-electron chi connectivity index (χ1n) is 5.56. The number of H-pyrrole nitrogens is 1. The highest BCUT2D eigenvalue weighted by Gasteiger charge is 2.13. The van der Waals surface area contributed by atoms with Gasteiger partial charge in [0.1, 0.15) is 0 Å². The van der Waals surface area contributed by atoms with Crippen molar-refractivity contribution in [3.8, 4) is 5.88 Å². The van der Waals surface area contributed by atoms with Gasteiger partial charge in [0.25, 0.3) is 5.56 Å². The van der Waals surface area contributed by atoms with Crippen LogP contribution in [0.15, 0.2) is 21.9 Å². The lowest BCUT2D eigenvalue weighted by Gasteiger charge is -2.10. The lowest BCUT2D eigenvalue weighted by Crippen LogP contribution is -2.32. The predicted octanol–water partition coefficient (Wildman–Crippen LogP) is -0.414. The Morgan fingerprint density at radius 1 is 1.44 bits per heavy atom. The van der Waals surface area contributed by atoms with Gasteiger partial charge >= 0.3 is 5.69 Å². The Morgan fingerprint density at radius 2 is 2.17 bits per heavy atom. The molecule has 7 nitrogen and oxygen atoms in total. The van der Waals surface area contributed by atoms with E-state index in [4.69, 9.17) is 0 Å². The number of hydrogen-bond donors (Lipinski definition) is 2. The molecule has 0 aromatic carbocycles. The zero-order chi connectivity index (χ0) is 13.3. The maximum atomic E-state index is 11.7. The minimum absolute atomic E-state index is 0.158. The molecule has 0 aliphatic heterocycles. The molecule has 2 aromatic heterocycles. The van der Waals surface area contributed by atoms with Gasteiger partial charge in [-0.05, 0) is 12.5 Å². The molecule has 0 saturated heterocycles. The van der Waals surface area contributed by atoms with Crippen LogP contribution in [0, 0.1) is 0 Å². The Hall–Kier alpha value is -2.31. The second-order valence-electron chi connectivity index (χ2n) is 3.95. The number of aryl methyl sites for hydroxylation is 1. The van der Waals surface area contributed by atoms with Crippen LogP contribution in [0.5, 0.6) is 5.88 Å². The summed E-state index contributed by atoms with van der Waals surface area (Å²) in [5.74, 6) is -0.285. The second-order valence-corrected chi connectivity index (χ2v) is 3.95. The fourth-order valence-corrected chi connectivity index (χ4v) is 1.78. The van der Waals surface area contributed by atoms with Crippen LogP contribution in [-0.2, 0) is 20.0 Å². The van der Waals surface area contributed by atoms with Crippen molar-refractivity contribution in [2.45, 2.75) is 19.9 Å². The summed E-state index contributed by atoms with van der Waals surface area (Å²) in [6.45, 7) is 1.90. The van der Waals surface area contributed by atoms with E-state index in [1.165, 1.54) is 0 Å². The van der Waals surface area contributed by atoms with E-state index >= 15 is 0 Å². The average molecular weight is 250 g/mol. The fraction of sp³-hybridized carbons (Fsp3) is 0.364. The van der Waals surface area contributed by atoms with E-state index in [0.717, 1.165) is 10.3 Å². The number of hydrogen-bond acceptors (Lipinski definition) is 4. The van der Waals surface area contributed by atoms with Crippen LogP contribution >= 0.6 is 0 Å². The first kappa shape index (κ1) is 12.2. The first-order valence-corrected chi connectivity index (χ1v) is 5.56. The van der Waals surface area contributed by atoms with Gasteiger partial charge < -0.3 is 5.11 Å². The Labute approximate surface area is 102 Å². The van der Waals surface area contributed by atoms with Crippen LogP contribution in [-0.4, -0.2) is 24.4 Å². The van der Waals surface area contributed by atoms with Crippen molar-refractivity contribution in [1.82, 2.24) is 19.3 Å². The summed E-state index contributed by atoms with van der Waals surface area (Å²) in [4.78, 5) is 25.3. The molecule has 2 rings (SSSR count). The molecule has 2 aromatic rings. The number of nitrogens with one attached hydrogen (secondary N) is 1. The summed E-state index contributed by atoms with van der Waals surface area (Å²) >= 11 is 0. The molecule has 0 amide bonds. The van der Waals surface area contributed by atoms with Gasteiger partial charge in [0.15, 0.2) is 0 Å². The van der Waals surface area contributed by atoms with Crippen LogP contribution in [0.3, 0.4) is 0 Å². The number of aromatic amines is 1. The molecule has 7 heteroatoms. The highest BCUT2D eigenvalue weighted by molar-refractivity contribution is 5.23. The highest BCUT2D eigenvalue weighted by Crippen LogP contribution is 2.12. The van der Waals surface area contributed by atoms with E-state index in [1.807, 2.05) is 0 Å². The molecule has 0 saturated carbocycles. The van der Waals surface area contributed by atoms with E-state index in [-0.39, 0.29) is 18.0 Å². The molecule has 0 bridgehead atoms. The zero-order valence-corrected chi connectivity index (χ0v) is 10.2. The summed E-state index contributed by atoms with van der Waals surface area (Å²) in [7, 11) is 1.74. The van der Waals surface area contributed by atoms with Gasteiger partial charge in [-0.25, -0.2) is 4.79 Å². The largest absolute Gasteiger partial charge is 0.494 e. The topological polar surface area (TPSA) is 92.9 Å². The summed E-state index contributed by atoms with van der Waals surface area (Å²) in [6.07, 6.45) is 1.96. The van der Waals surface area contributed by atoms with Crippen molar-refractivity contribution >= 4 is 0 Å². The summed E-state index contributed by atoms with van der Waals surface area (Å²) in [5, 5.41) is 13.9. The van der Waals surface area contributed by atoms with Crippen LogP contribution in [0.2, 0.25) is 0 Å². The van der Waals surface area contributed by atoms with Gasteiger partial charge in [0, 0.05) is 13.2 Å². The molecule has 2 N–H and O–H groups in total. The van der Waals surface area contributed by atoms with Crippen molar-refractivity contribution in [2.75, 3.05) is 0 Å². The van der Waals surface area contributed by atoms with Crippen LogP contribution in [0.1, 0.15) is 18.2 Å². The SMILES string of the molecule is CCc1c(O)n(Cc2ccnn2C)c(=O)[nH]c1=O. The Kier molecular flexibility index (Phi) is 3.05. The van der Waals surface area contributed by atoms with Gasteiger partial charge in [-0.1, -0.05) is 6.92 Å². The fourth-order valence-electron chi connectivity index (χ4n) is 1.78. The summed E-state index contributed by atoms with van der Waals surface area (Å²) in [6, 6.07) is 1.74. The molecule has 0 aliphatic carbocycles. The summed E-state index contributed by atoms with van der Waals surface area (Å²) in [5.41, 5.74) is -0.213. The van der Waals surface area contributed by atoms with Crippen LogP contribution in [0.4, 0.5) is 0 Å². The standard InChI is InChI=1S/C11H14N4O3/c1-3-8-9(16)13-11(18)15(10(8)17)6-7-4-5-12-14(7)2/h4-5,17H,3,6H2,1-2H3,(H,13,16,18). The molecule has 0 unspecified atom stereocenters. The quantitative estimate of drug-likeness (QED) is 0.774. The lowest BCUT2D eigenvalue weighted by atomic mass is 10.2. The molecule has 0 radical (unpaired) electrons. The first-order chi connectivity index (χ1) is 8.54. The van der Waals surface area contributed by atoms with Crippen LogP contribution in [0.25, 0.3) is 0 Å². The van der Waals surface area contributed by atoms with Crippen molar-refractivity contribution in [3.63, 3.8) is 0 Å². The van der Waals surface area contributed by atoms with Crippen LogP contribution < -0.4 is 11.2 Å². The van der Waals surface area contributed by atoms with Crippen molar-refractivity contribution < 1.29 is 5.11 Å². The monoisotopic (exact) mass is 250 g/mol. The van der Waals surface area contributed by atoms with Gasteiger partial charge in [-0.2, -0.15) is 5.10 Å². The predicted molar refractivity (Wildman–Crippen MR) is 64.7 cm³/mol. The number of aromatic nitrogens is 4. The number of rotatable bonds is 3. The third-order valence-electron chi connectivity index (χ3n) is 2.86. The Morgan fingerprint density at radius 3 is 2.72 bits per heavy atom. The molecular formula is C11H14N4O3. The molecular weight excluding hydrogens is 236 g/mol. The van der Waals surface area contributed by atoms with Crippen molar-refractivity contribution in [3.05, 3.63) is 44.4 Å². The average Bonchev–Trinajstić information content (AvgIpc) is 2.70. The molecule has 0 spiro atoms. The van der Waals surface area contributed by atoms with Gasteiger partial charge in [-0.15, -0.1) is 0 Å². The molecule has 0 fully saturated rings. The molecule has 0 aliphatic rings.